The fourth-order valence-electron chi connectivity index (χ4n) is 2.71. The predicted octanol–water partition coefficient (Wildman–Crippen LogP) is 2.20. The summed E-state index contributed by atoms with van der Waals surface area (Å²) in [5.41, 5.74) is 2.72. The first-order valence-corrected chi connectivity index (χ1v) is 8.93. The Morgan fingerprint density at radius 3 is 2.29 bits per heavy atom. The fourth-order valence-corrected chi connectivity index (χ4v) is 5.93. The van der Waals surface area contributed by atoms with Gasteiger partial charge in [-0.15, -0.1) is 0 Å². The molecular weight excluding hydrogens is 228 g/mol. The van der Waals surface area contributed by atoms with Crippen LogP contribution in [-0.4, -0.2) is 35.5 Å². The Balaban J connectivity index is 2.56. The minimum atomic E-state index is -1.54. The van der Waals surface area contributed by atoms with Crippen molar-refractivity contribution in [2.45, 2.75) is 13.1 Å². The van der Waals surface area contributed by atoms with Crippen molar-refractivity contribution in [2.75, 3.05) is 27.4 Å². The van der Waals surface area contributed by atoms with Crippen LogP contribution >= 0.6 is 0 Å². The zero-order valence-electron chi connectivity index (χ0n) is 11.0. The molecule has 92 valence electrons. The number of hydrogen-bond donors (Lipinski definition) is 0. The van der Waals surface area contributed by atoms with Gasteiger partial charge in [-0.3, -0.25) is 0 Å². The second-order valence-corrected chi connectivity index (χ2v) is 9.39. The van der Waals surface area contributed by atoms with Crippen LogP contribution in [-0.2, 0) is 9.47 Å². The molecule has 3 heteroatoms. The van der Waals surface area contributed by atoms with Crippen molar-refractivity contribution in [3.8, 4) is 0 Å². The summed E-state index contributed by atoms with van der Waals surface area (Å²) in [6, 6.07) is 8.71. The molecule has 0 saturated heterocycles. The van der Waals surface area contributed by atoms with E-state index < -0.39 is 8.07 Å². The van der Waals surface area contributed by atoms with E-state index in [1.165, 1.54) is 21.5 Å². The molecule has 0 aliphatic carbocycles. The Morgan fingerprint density at radius 2 is 1.65 bits per heavy atom. The first kappa shape index (κ1) is 12.6. The van der Waals surface area contributed by atoms with Crippen molar-refractivity contribution in [2.24, 2.45) is 0 Å². The molecule has 0 amide bonds. The van der Waals surface area contributed by atoms with Gasteiger partial charge < -0.3 is 9.47 Å². The molecule has 0 spiro atoms. The van der Waals surface area contributed by atoms with E-state index >= 15 is 0 Å². The second-order valence-electron chi connectivity index (χ2n) is 4.99. The number of ether oxygens (including phenoxy) is 2. The van der Waals surface area contributed by atoms with Crippen LogP contribution in [0.15, 0.2) is 29.5 Å². The molecule has 0 unspecified atom stereocenters. The maximum Gasteiger partial charge on any atom is 0.111 e. The van der Waals surface area contributed by atoms with Gasteiger partial charge >= 0.3 is 0 Å². The maximum absolute atomic E-state index is 5.39. The van der Waals surface area contributed by atoms with Crippen LogP contribution in [0.1, 0.15) is 5.56 Å². The molecule has 2 nitrogen and oxygen atoms in total. The van der Waals surface area contributed by atoms with E-state index in [2.05, 4.69) is 37.4 Å². The highest BCUT2D eigenvalue weighted by molar-refractivity contribution is 6.98. The number of rotatable bonds is 4. The van der Waals surface area contributed by atoms with Gasteiger partial charge in [0.2, 0.25) is 0 Å². The third-order valence-electron chi connectivity index (χ3n) is 3.62. The van der Waals surface area contributed by atoms with Crippen LogP contribution in [0, 0.1) is 0 Å². The van der Waals surface area contributed by atoms with Gasteiger partial charge in [0.25, 0.3) is 0 Å². The van der Waals surface area contributed by atoms with E-state index in [1.54, 1.807) is 14.2 Å². The molecule has 1 aromatic rings. The Hall–Kier alpha value is -0.903. The summed E-state index contributed by atoms with van der Waals surface area (Å²) in [6.45, 7) is 6.20. The molecule has 0 atom stereocenters. The lowest BCUT2D eigenvalue weighted by Gasteiger charge is -2.21. The van der Waals surface area contributed by atoms with Crippen molar-refractivity contribution < 1.29 is 9.47 Å². The van der Waals surface area contributed by atoms with Crippen molar-refractivity contribution in [1.82, 2.24) is 0 Å². The van der Waals surface area contributed by atoms with Gasteiger partial charge in [-0.2, -0.15) is 0 Å². The molecule has 0 saturated carbocycles. The Labute approximate surface area is 104 Å². The SMILES string of the molecule is COCC1=C(COC)[Si](C)(C)c2ccccc21. The van der Waals surface area contributed by atoms with E-state index in [1.807, 2.05) is 0 Å². The molecule has 0 fully saturated rings. The Kier molecular flexibility index (Phi) is 3.52. The summed E-state index contributed by atoms with van der Waals surface area (Å²) in [5.74, 6) is 0. The van der Waals surface area contributed by atoms with Crippen molar-refractivity contribution in [3.63, 3.8) is 0 Å². The smallest absolute Gasteiger partial charge is 0.111 e. The quantitative estimate of drug-likeness (QED) is 0.761. The average Bonchev–Trinajstić information content (AvgIpc) is 2.52. The van der Waals surface area contributed by atoms with Gasteiger partial charge in [0, 0.05) is 14.2 Å². The van der Waals surface area contributed by atoms with Gasteiger partial charge in [-0.1, -0.05) is 37.4 Å². The third kappa shape index (κ3) is 1.99. The fraction of sp³-hybridized carbons (Fsp3) is 0.429. The van der Waals surface area contributed by atoms with Crippen molar-refractivity contribution in [1.29, 1.82) is 0 Å². The molecule has 1 aliphatic heterocycles. The lowest BCUT2D eigenvalue weighted by Crippen LogP contribution is -2.42. The monoisotopic (exact) mass is 248 g/mol. The van der Waals surface area contributed by atoms with Gasteiger partial charge in [0.05, 0.1) is 13.2 Å². The largest absolute Gasteiger partial charge is 0.381 e. The minimum Gasteiger partial charge on any atom is -0.381 e. The maximum atomic E-state index is 5.39. The molecule has 0 N–H and O–H groups in total. The zero-order valence-corrected chi connectivity index (χ0v) is 12.0. The second kappa shape index (κ2) is 4.76. The molecule has 0 bridgehead atoms. The normalized spacial score (nSPS) is 17.4. The topological polar surface area (TPSA) is 18.5 Å². The van der Waals surface area contributed by atoms with E-state index in [0.29, 0.717) is 6.61 Å². The summed E-state index contributed by atoms with van der Waals surface area (Å²) in [4.78, 5) is 0. The summed E-state index contributed by atoms with van der Waals surface area (Å²) < 4.78 is 10.8. The highest BCUT2D eigenvalue weighted by Crippen LogP contribution is 2.33. The molecular formula is C14H20O2Si. The van der Waals surface area contributed by atoms with Gasteiger partial charge in [0.15, 0.2) is 0 Å². The average molecular weight is 248 g/mol. The standard InChI is InChI=1S/C14H20O2Si/c1-15-9-12-11-7-5-6-8-13(11)17(3,4)14(12)10-16-2/h5-8H,9-10H2,1-4H3. The lowest BCUT2D eigenvalue weighted by atomic mass is 10.1. The molecule has 17 heavy (non-hydrogen) atoms. The highest BCUT2D eigenvalue weighted by Gasteiger charge is 2.38. The van der Waals surface area contributed by atoms with Crippen LogP contribution in [0.5, 0.6) is 0 Å². The summed E-state index contributed by atoms with van der Waals surface area (Å²) in [7, 11) is 1.99. The Bertz CT molecular complexity index is 449. The number of benzene rings is 1. The minimum absolute atomic E-state index is 0.687. The zero-order chi connectivity index (χ0) is 12.5. The Morgan fingerprint density at radius 1 is 1.00 bits per heavy atom. The molecule has 0 radical (unpaired) electrons. The summed E-state index contributed by atoms with van der Waals surface area (Å²) >= 11 is 0. The third-order valence-corrected chi connectivity index (χ3v) is 7.36. The van der Waals surface area contributed by atoms with Crippen LogP contribution in [0.25, 0.3) is 5.57 Å². The van der Waals surface area contributed by atoms with E-state index in [4.69, 9.17) is 9.47 Å². The lowest BCUT2D eigenvalue weighted by molar-refractivity contribution is 0.225. The predicted molar refractivity (Wildman–Crippen MR) is 74.2 cm³/mol. The van der Waals surface area contributed by atoms with Crippen LogP contribution < -0.4 is 5.19 Å². The molecule has 1 aromatic carbocycles. The highest BCUT2D eigenvalue weighted by atomic mass is 28.3. The van der Waals surface area contributed by atoms with E-state index in [-0.39, 0.29) is 0 Å². The first-order valence-electron chi connectivity index (χ1n) is 5.93. The first-order chi connectivity index (χ1) is 8.12. The van der Waals surface area contributed by atoms with Gasteiger partial charge in [-0.05, 0) is 21.5 Å². The van der Waals surface area contributed by atoms with Crippen LogP contribution in [0.4, 0.5) is 0 Å². The summed E-state index contributed by atoms with van der Waals surface area (Å²) in [6.07, 6.45) is 0. The van der Waals surface area contributed by atoms with Crippen LogP contribution in [0.3, 0.4) is 0 Å². The van der Waals surface area contributed by atoms with Crippen LogP contribution in [0.2, 0.25) is 13.1 Å². The molecule has 1 aliphatic rings. The number of methoxy groups -OCH3 is 2. The van der Waals surface area contributed by atoms with E-state index in [9.17, 15) is 0 Å². The van der Waals surface area contributed by atoms with Gasteiger partial charge in [0.1, 0.15) is 8.07 Å². The number of fused-ring (bicyclic) bond motifs is 1. The van der Waals surface area contributed by atoms with Crippen molar-refractivity contribution in [3.05, 3.63) is 35.0 Å². The summed E-state index contributed by atoms with van der Waals surface area (Å²) in [5, 5.41) is 2.99. The van der Waals surface area contributed by atoms with Gasteiger partial charge in [-0.25, -0.2) is 0 Å². The van der Waals surface area contributed by atoms with E-state index in [0.717, 1.165) is 6.61 Å². The molecule has 1 heterocycles. The van der Waals surface area contributed by atoms with Crippen molar-refractivity contribution >= 4 is 18.8 Å². The molecule has 0 aromatic heterocycles. The molecule has 2 rings (SSSR count). The number of hydrogen-bond acceptors (Lipinski definition) is 2.